The Bertz CT molecular complexity index is 710. The van der Waals surface area contributed by atoms with Crippen molar-refractivity contribution in [3.05, 3.63) is 60.2 Å². The summed E-state index contributed by atoms with van der Waals surface area (Å²) in [6, 6.07) is 12.2. The molecule has 0 spiro atoms. The summed E-state index contributed by atoms with van der Waals surface area (Å²) < 4.78 is 5.37. The Labute approximate surface area is 127 Å². The first-order valence-electron chi connectivity index (χ1n) is 6.70. The Morgan fingerprint density at radius 3 is 2.48 bits per heavy atom. The number of aromatic nitrogens is 3. The lowest BCUT2D eigenvalue weighted by atomic mass is 10.2. The van der Waals surface area contributed by atoms with Crippen LogP contribution in [-0.2, 0) is 0 Å². The molecule has 0 N–H and O–H groups in total. The molecule has 0 bridgehead atoms. The average Bonchev–Trinajstić information content (AvgIpc) is 3.00. The maximum atomic E-state index is 5.37. The van der Waals surface area contributed by atoms with Gasteiger partial charge in [-0.2, -0.15) is 4.98 Å². The number of pyridine rings is 1. The molecular weight excluding hydrogens is 282 g/mol. The lowest BCUT2D eigenvalue weighted by Crippen LogP contribution is -1.89. The largest absolute Gasteiger partial charge is 0.338 e. The molecule has 3 aromatic rings. The van der Waals surface area contributed by atoms with Crippen LogP contribution in [0, 0.1) is 6.92 Å². The summed E-state index contributed by atoms with van der Waals surface area (Å²) in [5.41, 5.74) is 2.16. The van der Waals surface area contributed by atoms with Gasteiger partial charge in [-0.1, -0.05) is 22.9 Å². The Balaban J connectivity index is 1.75. The van der Waals surface area contributed by atoms with E-state index >= 15 is 0 Å². The van der Waals surface area contributed by atoms with Gasteiger partial charge in [-0.25, -0.2) is 0 Å². The first kappa shape index (κ1) is 13.8. The van der Waals surface area contributed by atoms with Crippen molar-refractivity contribution in [2.75, 3.05) is 0 Å². The molecule has 2 aromatic heterocycles. The minimum Gasteiger partial charge on any atom is -0.338 e. The standard InChI is InChI=1S/C16H15N3OS/c1-11-3-5-14(6-4-11)21-12(2)16-18-15(19-20-16)13-7-9-17-10-8-13/h3-10,12H,1-2H3/t12-/m1/s1. The topological polar surface area (TPSA) is 51.8 Å². The van der Waals surface area contributed by atoms with Crippen LogP contribution in [0.15, 0.2) is 58.2 Å². The van der Waals surface area contributed by atoms with Gasteiger partial charge in [-0.05, 0) is 38.1 Å². The van der Waals surface area contributed by atoms with Crippen molar-refractivity contribution < 1.29 is 4.52 Å². The van der Waals surface area contributed by atoms with Crippen molar-refractivity contribution in [1.29, 1.82) is 0 Å². The number of rotatable bonds is 4. The van der Waals surface area contributed by atoms with E-state index in [1.807, 2.05) is 12.1 Å². The summed E-state index contributed by atoms with van der Waals surface area (Å²) in [5, 5.41) is 4.14. The van der Waals surface area contributed by atoms with Crippen molar-refractivity contribution in [1.82, 2.24) is 15.1 Å². The van der Waals surface area contributed by atoms with Crippen LogP contribution >= 0.6 is 11.8 Å². The first-order chi connectivity index (χ1) is 10.2. The molecule has 5 heteroatoms. The van der Waals surface area contributed by atoms with E-state index in [-0.39, 0.29) is 5.25 Å². The molecule has 2 heterocycles. The lowest BCUT2D eigenvalue weighted by Gasteiger charge is -2.06. The van der Waals surface area contributed by atoms with Gasteiger partial charge in [0.05, 0.1) is 5.25 Å². The van der Waals surface area contributed by atoms with Crippen LogP contribution in [0.2, 0.25) is 0 Å². The van der Waals surface area contributed by atoms with E-state index in [0.717, 1.165) is 5.56 Å². The zero-order chi connectivity index (χ0) is 14.7. The molecule has 4 nitrogen and oxygen atoms in total. The molecule has 106 valence electrons. The Hall–Kier alpha value is -2.14. The summed E-state index contributed by atoms with van der Waals surface area (Å²) in [4.78, 5) is 9.64. The van der Waals surface area contributed by atoms with Gasteiger partial charge in [-0.15, -0.1) is 11.8 Å². The predicted octanol–water partition coefficient (Wildman–Crippen LogP) is 4.29. The molecule has 0 aliphatic carbocycles. The van der Waals surface area contributed by atoms with E-state index in [1.54, 1.807) is 24.2 Å². The smallest absolute Gasteiger partial charge is 0.240 e. The highest BCUT2D eigenvalue weighted by molar-refractivity contribution is 7.99. The third-order valence-electron chi connectivity index (χ3n) is 3.06. The van der Waals surface area contributed by atoms with Crippen LogP contribution in [-0.4, -0.2) is 15.1 Å². The van der Waals surface area contributed by atoms with Gasteiger partial charge in [0.1, 0.15) is 0 Å². The summed E-state index contributed by atoms with van der Waals surface area (Å²) in [6.45, 7) is 4.14. The van der Waals surface area contributed by atoms with E-state index in [0.29, 0.717) is 11.7 Å². The second-order valence-electron chi connectivity index (χ2n) is 4.77. The fourth-order valence-corrected chi connectivity index (χ4v) is 2.79. The van der Waals surface area contributed by atoms with Crippen LogP contribution < -0.4 is 0 Å². The number of hydrogen-bond acceptors (Lipinski definition) is 5. The second-order valence-corrected chi connectivity index (χ2v) is 6.18. The summed E-state index contributed by atoms with van der Waals surface area (Å²) in [7, 11) is 0. The Morgan fingerprint density at radius 1 is 1.05 bits per heavy atom. The Morgan fingerprint density at radius 2 is 1.76 bits per heavy atom. The van der Waals surface area contributed by atoms with E-state index in [9.17, 15) is 0 Å². The van der Waals surface area contributed by atoms with Crippen LogP contribution in [0.1, 0.15) is 23.6 Å². The molecule has 0 aliphatic heterocycles. The number of benzene rings is 1. The first-order valence-corrected chi connectivity index (χ1v) is 7.57. The van der Waals surface area contributed by atoms with Gasteiger partial charge in [-0.3, -0.25) is 4.98 Å². The predicted molar refractivity (Wildman–Crippen MR) is 83.0 cm³/mol. The molecule has 21 heavy (non-hydrogen) atoms. The lowest BCUT2D eigenvalue weighted by molar-refractivity contribution is 0.381. The van der Waals surface area contributed by atoms with E-state index in [4.69, 9.17) is 4.52 Å². The molecule has 3 rings (SSSR count). The number of nitrogens with zero attached hydrogens (tertiary/aromatic N) is 3. The van der Waals surface area contributed by atoms with Crippen LogP contribution in [0.25, 0.3) is 11.4 Å². The van der Waals surface area contributed by atoms with Crippen LogP contribution in [0.5, 0.6) is 0 Å². The van der Waals surface area contributed by atoms with Crippen molar-refractivity contribution in [3.63, 3.8) is 0 Å². The van der Waals surface area contributed by atoms with Gasteiger partial charge < -0.3 is 4.52 Å². The second kappa shape index (κ2) is 6.10. The fraction of sp³-hybridized carbons (Fsp3) is 0.188. The molecule has 0 fully saturated rings. The highest BCUT2D eigenvalue weighted by atomic mass is 32.2. The molecule has 1 atom stereocenters. The molecule has 0 saturated heterocycles. The van der Waals surface area contributed by atoms with Gasteiger partial charge in [0.25, 0.3) is 0 Å². The van der Waals surface area contributed by atoms with Gasteiger partial charge >= 0.3 is 0 Å². The van der Waals surface area contributed by atoms with E-state index in [1.165, 1.54) is 10.5 Å². The SMILES string of the molecule is Cc1ccc(S[C@H](C)c2nc(-c3ccncc3)no2)cc1. The number of hydrogen-bond donors (Lipinski definition) is 0. The van der Waals surface area contributed by atoms with Gasteiger partial charge in [0.15, 0.2) is 0 Å². The highest BCUT2D eigenvalue weighted by Crippen LogP contribution is 2.34. The zero-order valence-electron chi connectivity index (χ0n) is 11.9. The van der Waals surface area contributed by atoms with Gasteiger partial charge in [0.2, 0.25) is 11.7 Å². The van der Waals surface area contributed by atoms with Crippen molar-refractivity contribution >= 4 is 11.8 Å². The molecule has 0 radical (unpaired) electrons. The Kier molecular flexibility index (Phi) is 4.01. The molecule has 0 amide bonds. The third-order valence-corrected chi connectivity index (χ3v) is 4.16. The monoisotopic (exact) mass is 297 g/mol. The molecule has 0 aliphatic rings. The zero-order valence-corrected chi connectivity index (χ0v) is 12.7. The summed E-state index contributed by atoms with van der Waals surface area (Å²) in [5.74, 6) is 1.23. The molecule has 1 aromatic carbocycles. The highest BCUT2D eigenvalue weighted by Gasteiger charge is 2.16. The maximum Gasteiger partial charge on any atom is 0.240 e. The minimum absolute atomic E-state index is 0.107. The van der Waals surface area contributed by atoms with E-state index in [2.05, 4.69) is 53.2 Å². The van der Waals surface area contributed by atoms with Crippen molar-refractivity contribution in [2.45, 2.75) is 24.0 Å². The van der Waals surface area contributed by atoms with Crippen molar-refractivity contribution in [3.8, 4) is 11.4 Å². The molecular formula is C16H15N3OS. The van der Waals surface area contributed by atoms with E-state index < -0.39 is 0 Å². The summed E-state index contributed by atoms with van der Waals surface area (Å²) in [6.07, 6.45) is 3.44. The maximum absolute atomic E-state index is 5.37. The third kappa shape index (κ3) is 3.31. The molecule has 0 saturated carbocycles. The quantitative estimate of drug-likeness (QED) is 0.672. The van der Waals surface area contributed by atoms with Crippen molar-refractivity contribution in [2.24, 2.45) is 0 Å². The molecule has 0 unspecified atom stereocenters. The van der Waals surface area contributed by atoms with Gasteiger partial charge in [0, 0.05) is 22.9 Å². The van der Waals surface area contributed by atoms with Crippen LogP contribution in [0.4, 0.5) is 0 Å². The van der Waals surface area contributed by atoms with Crippen LogP contribution in [0.3, 0.4) is 0 Å². The number of aryl methyl sites for hydroxylation is 1. The fourth-order valence-electron chi connectivity index (χ4n) is 1.89. The minimum atomic E-state index is 0.107. The summed E-state index contributed by atoms with van der Waals surface area (Å²) >= 11 is 1.71. The average molecular weight is 297 g/mol. The normalized spacial score (nSPS) is 12.3. The number of thioether (sulfide) groups is 1.